The van der Waals surface area contributed by atoms with E-state index in [4.69, 9.17) is 0 Å². The van der Waals surface area contributed by atoms with Crippen molar-refractivity contribution in [2.24, 2.45) is 0 Å². The molecule has 0 unspecified atom stereocenters. The van der Waals surface area contributed by atoms with Gasteiger partial charge in [-0.25, -0.2) is 9.37 Å². The number of rotatable bonds is 4. The van der Waals surface area contributed by atoms with Crippen LogP contribution in [0.3, 0.4) is 0 Å². The number of benzene rings is 1. The molecule has 1 N–H and O–H groups in total. The number of halogens is 3. The predicted molar refractivity (Wildman–Crippen MR) is 84.3 cm³/mol. The lowest BCUT2D eigenvalue weighted by Crippen LogP contribution is -2.32. The number of hydrogen-bond donors (Lipinski definition) is 1. The van der Waals surface area contributed by atoms with Gasteiger partial charge >= 0.3 is 11.8 Å². The van der Waals surface area contributed by atoms with E-state index >= 15 is 0 Å². The van der Waals surface area contributed by atoms with Crippen LogP contribution in [0.4, 0.5) is 18.3 Å². The van der Waals surface area contributed by atoms with Crippen LogP contribution in [-0.4, -0.2) is 15.9 Å². The topological polar surface area (TPSA) is 54.9 Å². The minimum absolute atomic E-state index is 0.0496. The third-order valence-corrected chi connectivity index (χ3v) is 3.95. The minimum atomic E-state index is -3.80. The fourth-order valence-electron chi connectivity index (χ4n) is 1.95. The molecular formula is C16H10F3N3OS. The van der Waals surface area contributed by atoms with E-state index in [2.05, 4.69) is 15.3 Å². The second kappa shape index (κ2) is 6.40. The maximum absolute atomic E-state index is 14.1. The Morgan fingerprint density at radius 1 is 1.08 bits per heavy atom. The molecule has 1 aromatic carbocycles. The quantitative estimate of drug-likeness (QED) is 0.772. The van der Waals surface area contributed by atoms with Crippen LogP contribution in [0, 0.1) is 5.82 Å². The molecule has 8 heteroatoms. The first kappa shape index (κ1) is 16.1. The van der Waals surface area contributed by atoms with Crippen LogP contribution in [0.1, 0.15) is 5.56 Å². The molecule has 122 valence electrons. The summed E-state index contributed by atoms with van der Waals surface area (Å²) in [5.41, 5.74) is 0.710. The Bertz CT molecular complexity index is 851. The molecule has 2 heterocycles. The summed E-state index contributed by atoms with van der Waals surface area (Å²) in [4.78, 5) is 19.9. The highest BCUT2D eigenvalue weighted by atomic mass is 32.1. The van der Waals surface area contributed by atoms with Gasteiger partial charge in [0.25, 0.3) is 0 Å². The molecule has 0 aliphatic rings. The first-order valence-corrected chi connectivity index (χ1v) is 7.66. The number of carbonyl (C=O) groups is 1. The fourth-order valence-corrected chi connectivity index (χ4v) is 2.67. The standard InChI is InChI=1S/C16H10F3N3OS/c17-12-3-1-11(2-4-12)16(18,19)14(23)22-15-21-13(9-24-15)10-5-7-20-8-6-10/h1-9H,(H,21,22,23). The molecule has 0 saturated carbocycles. The molecule has 4 nitrogen and oxygen atoms in total. The van der Waals surface area contributed by atoms with Crippen molar-refractivity contribution < 1.29 is 18.0 Å². The van der Waals surface area contributed by atoms with Crippen molar-refractivity contribution in [1.29, 1.82) is 0 Å². The molecule has 0 saturated heterocycles. The lowest BCUT2D eigenvalue weighted by atomic mass is 10.1. The zero-order valence-electron chi connectivity index (χ0n) is 12.0. The van der Waals surface area contributed by atoms with Crippen LogP contribution in [-0.2, 0) is 10.7 Å². The summed E-state index contributed by atoms with van der Waals surface area (Å²) in [6.07, 6.45) is 3.16. The van der Waals surface area contributed by atoms with Gasteiger partial charge in [-0.15, -0.1) is 11.3 Å². The fraction of sp³-hybridized carbons (Fsp3) is 0.0625. The maximum atomic E-state index is 14.1. The van der Waals surface area contributed by atoms with Gasteiger partial charge in [0.1, 0.15) is 5.82 Å². The van der Waals surface area contributed by atoms with Gasteiger partial charge < -0.3 is 0 Å². The van der Waals surface area contributed by atoms with Gasteiger partial charge in [0, 0.05) is 28.9 Å². The SMILES string of the molecule is O=C(Nc1nc(-c2ccncc2)cs1)C(F)(F)c1ccc(F)cc1. The number of anilines is 1. The molecule has 0 bridgehead atoms. The van der Waals surface area contributed by atoms with E-state index in [1.165, 1.54) is 0 Å². The summed E-state index contributed by atoms with van der Waals surface area (Å²) in [5.74, 6) is -5.97. The highest BCUT2D eigenvalue weighted by Crippen LogP contribution is 2.31. The summed E-state index contributed by atoms with van der Waals surface area (Å²) < 4.78 is 41.1. The molecule has 0 spiro atoms. The molecule has 0 atom stereocenters. The number of thiazole rings is 1. The van der Waals surface area contributed by atoms with Crippen molar-refractivity contribution in [2.75, 3.05) is 5.32 Å². The van der Waals surface area contributed by atoms with Crippen molar-refractivity contribution in [1.82, 2.24) is 9.97 Å². The minimum Gasteiger partial charge on any atom is -0.296 e. The van der Waals surface area contributed by atoms with Crippen LogP contribution in [0.5, 0.6) is 0 Å². The summed E-state index contributed by atoms with van der Waals surface area (Å²) in [5, 5.41) is 3.78. The number of carbonyl (C=O) groups excluding carboxylic acids is 1. The van der Waals surface area contributed by atoms with Crippen molar-refractivity contribution in [3.8, 4) is 11.3 Å². The third-order valence-electron chi connectivity index (χ3n) is 3.19. The molecule has 0 aliphatic heterocycles. The van der Waals surface area contributed by atoms with E-state index in [0.29, 0.717) is 5.69 Å². The Hall–Kier alpha value is -2.74. The van der Waals surface area contributed by atoms with Crippen molar-refractivity contribution in [2.45, 2.75) is 5.92 Å². The average molecular weight is 349 g/mol. The van der Waals surface area contributed by atoms with E-state index < -0.39 is 23.2 Å². The zero-order valence-corrected chi connectivity index (χ0v) is 12.9. The molecule has 2 aromatic heterocycles. The van der Waals surface area contributed by atoms with Gasteiger partial charge in [-0.3, -0.25) is 15.1 Å². The Balaban J connectivity index is 1.77. The molecule has 3 rings (SSSR count). The first-order valence-electron chi connectivity index (χ1n) is 6.78. The van der Waals surface area contributed by atoms with E-state index in [1.807, 2.05) is 0 Å². The van der Waals surface area contributed by atoms with E-state index in [0.717, 1.165) is 41.2 Å². The molecule has 0 aliphatic carbocycles. The normalized spacial score (nSPS) is 11.3. The smallest absolute Gasteiger partial charge is 0.296 e. The number of alkyl halides is 2. The van der Waals surface area contributed by atoms with Crippen LogP contribution in [0.2, 0.25) is 0 Å². The second-order valence-electron chi connectivity index (χ2n) is 4.81. The van der Waals surface area contributed by atoms with Gasteiger partial charge in [0.15, 0.2) is 5.13 Å². The van der Waals surface area contributed by atoms with Gasteiger partial charge in [-0.2, -0.15) is 8.78 Å². The molecular weight excluding hydrogens is 339 g/mol. The summed E-state index contributed by atoms with van der Waals surface area (Å²) >= 11 is 1.03. The Morgan fingerprint density at radius 3 is 2.42 bits per heavy atom. The molecule has 0 radical (unpaired) electrons. The predicted octanol–water partition coefficient (Wildman–Crippen LogP) is 4.07. The summed E-state index contributed by atoms with van der Waals surface area (Å²) in [6.45, 7) is 0. The lowest BCUT2D eigenvalue weighted by Gasteiger charge is -2.15. The number of nitrogens with zero attached hydrogens (tertiary/aromatic N) is 2. The largest absolute Gasteiger partial charge is 0.350 e. The van der Waals surface area contributed by atoms with E-state index in [9.17, 15) is 18.0 Å². The number of pyridine rings is 1. The highest BCUT2D eigenvalue weighted by molar-refractivity contribution is 7.14. The van der Waals surface area contributed by atoms with Crippen LogP contribution >= 0.6 is 11.3 Å². The number of nitrogens with one attached hydrogen (secondary N) is 1. The van der Waals surface area contributed by atoms with Crippen molar-refractivity contribution >= 4 is 22.4 Å². The van der Waals surface area contributed by atoms with Gasteiger partial charge in [0.05, 0.1) is 5.69 Å². The van der Waals surface area contributed by atoms with Gasteiger partial charge in [-0.05, 0) is 36.4 Å². The zero-order chi connectivity index (χ0) is 17.2. The Labute approximate surface area is 139 Å². The Kier molecular flexibility index (Phi) is 4.30. The first-order chi connectivity index (χ1) is 11.5. The summed E-state index contributed by atoms with van der Waals surface area (Å²) in [6, 6.07) is 6.93. The Morgan fingerprint density at radius 2 is 1.75 bits per heavy atom. The van der Waals surface area contributed by atoms with E-state index in [-0.39, 0.29) is 5.13 Å². The molecule has 1 amide bonds. The monoisotopic (exact) mass is 349 g/mol. The second-order valence-corrected chi connectivity index (χ2v) is 5.67. The number of hydrogen-bond acceptors (Lipinski definition) is 4. The molecule has 0 fully saturated rings. The van der Waals surface area contributed by atoms with Gasteiger partial charge in [-0.1, -0.05) is 0 Å². The van der Waals surface area contributed by atoms with Crippen LogP contribution < -0.4 is 5.32 Å². The van der Waals surface area contributed by atoms with Crippen LogP contribution in [0.15, 0.2) is 54.2 Å². The van der Waals surface area contributed by atoms with Gasteiger partial charge in [0.2, 0.25) is 0 Å². The van der Waals surface area contributed by atoms with Crippen molar-refractivity contribution in [3.63, 3.8) is 0 Å². The van der Waals surface area contributed by atoms with E-state index in [1.54, 1.807) is 29.9 Å². The third kappa shape index (κ3) is 3.28. The van der Waals surface area contributed by atoms with Crippen molar-refractivity contribution in [3.05, 3.63) is 65.6 Å². The molecule has 24 heavy (non-hydrogen) atoms. The maximum Gasteiger partial charge on any atom is 0.350 e. The highest BCUT2D eigenvalue weighted by Gasteiger charge is 2.41. The number of amides is 1. The summed E-state index contributed by atoms with van der Waals surface area (Å²) in [7, 11) is 0. The average Bonchev–Trinajstić information content (AvgIpc) is 3.04. The lowest BCUT2D eigenvalue weighted by molar-refractivity contribution is -0.140. The molecule has 3 aromatic rings. The number of aromatic nitrogens is 2. The van der Waals surface area contributed by atoms with Crippen LogP contribution in [0.25, 0.3) is 11.3 Å².